The van der Waals surface area contributed by atoms with Crippen LogP contribution in [0, 0.1) is 41.3 Å². The molecule has 3 aromatic rings. The van der Waals surface area contributed by atoms with Gasteiger partial charge in [0.25, 0.3) is 5.91 Å². The first-order chi connectivity index (χ1) is 22.4. The Morgan fingerprint density at radius 2 is 1.81 bits per heavy atom. The van der Waals surface area contributed by atoms with Crippen LogP contribution in [0.15, 0.2) is 56.8 Å². The monoisotopic (exact) mass is 743 g/mol. The molecule has 14 heteroatoms. The number of rotatable bonds is 9. The van der Waals surface area contributed by atoms with E-state index in [0.717, 1.165) is 31.2 Å². The van der Waals surface area contributed by atoms with Crippen molar-refractivity contribution in [3.05, 3.63) is 72.9 Å². The first kappa shape index (κ1) is 32.1. The molecule has 3 N–H and O–H groups in total. The summed E-state index contributed by atoms with van der Waals surface area (Å²) in [6.07, 6.45) is 0.822. The van der Waals surface area contributed by atoms with E-state index in [1.54, 1.807) is 12.1 Å². The molecule has 8 atom stereocenters. The molecule has 0 radical (unpaired) electrons. The average Bonchev–Trinajstić information content (AvgIpc) is 3.75. The summed E-state index contributed by atoms with van der Waals surface area (Å²) in [7, 11) is 0. The molecule has 3 amide bonds. The van der Waals surface area contributed by atoms with Crippen LogP contribution in [-0.2, 0) is 19.2 Å². The number of halogens is 2. The molecule has 2 bridgehead atoms. The highest BCUT2D eigenvalue weighted by atomic mass is 79.9. The molecule has 3 fully saturated rings. The van der Waals surface area contributed by atoms with Gasteiger partial charge in [-0.05, 0) is 79.0 Å². The van der Waals surface area contributed by atoms with Crippen molar-refractivity contribution in [3.8, 4) is 5.75 Å². The predicted octanol–water partition coefficient (Wildman–Crippen LogP) is 5.33. The minimum Gasteiger partial charge on any atom is -0.483 e. The van der Waals surface area contributed by atoms with E-state index in [0.29, 0.717) is 22.9 Å². The molecule has 7 unspecified atom stereocenters. The summed E-state index contributed by atoms with van der Waals surface area (Å²) < 4.78 is 20.2. The molecule has 2 aliphatic carbocycles. The van der Waals surface area contributed by atoms with Crippen LogP contribution in [-0.4, -0.2) is 56.6 Å². The molecule has 246 valence electrons. The fourth-order valence-electron chi connectivity index (χ4n) is 8.23. The van der Waals surface area contributed by atoms with E-state index < -0.39 is 47.4 Å². The molecule has 4 aliphatic rings. The highest BCUT2D eigenvalue weighted by molar-refractivity contribution is 9.10. The molecule has 2 aromatic carbocycles. The second-order valence-electron chi connectivity index (χ2n) is 13.0. The Labute approximate surface area is 285 Å². The highest BCUT2D eigenvalue weighted by Crippen LogP contribution is 2.69. The predicted molar refractivity (Wildman–Crippen MR) is 176 cm³/mol. The Morgan fingerprint density at radius 3 is 2.49 bits per heavy atom. The normalized spacial score (nSPS) is 27.9. The van der Waals surface area contributed by atoms with E-state index in [9.17, 15) is 33.5 Å². The summed E-state index contributed by atoms with van der Waals surface area (Å²) in [6, 6.07) is 9.63. The number of anilines is 1. The van der Waals surface area contributed by atoms with Crippen LogP contribution in [0.2, 0.25) is 0 Å². The van der Waals surface area contributed by atoms with Crippen LogP contribution in [0.5, 0.6) is 5.75 Å². The molecule has 2 aliphatic heterocycles. The van der Waals surface area contributed by atoms with Crippen LogP contribution >= 0.6 is 39.0 Å². The topological polar surface area (TPSA) is 146 Å². The number of fused-ring (bicyclic) bond motifs is 9. The van der Waals surface area contributed by atoms with Crippen molar-refractivity contribution in [2.45, 2.75) is 48.9 Å². The van der Waals surface area contributed by atoms with Gasteiger partial charge in [-0.15, -0.1) is 11.8 Å². The number of likely N-dealkylation sites (tertiary alicyclic amines) is 1. The molecular weight excluding hydrogens is 713 g/mol. The molecule has 1 aromatic heterocycles. The number of aliphatic carboxylic acids is 1. The maximum absolute atomic E-state index is 14.0. The number of carbonyl (C=O) groups is 4. The van der Waals surface area contributed by atoms with E-state index in [4.69, 9.17) is 4.74 Å². The molecule has 1 saturated heterocycles. The fraction of sp³-hybridized carbons (Fsp3) is 0.424. The summed E-state index contributed by atoms with van der Waals surface area (Å²) in [4.78, 5) is 70.3. The summed E-state index contributed by atoms with van der Waals surface area (Å²) in [5.41, 5.74) is 1.16. The van der Waals surface area contributed by atoms with Crippen molar-refractivity contribution in [3.63, 3.8) is 0 Å². The summed E-state index contributed by atoms with van der Waals surface area (Å²) in [5.74, 6) is -4.64. The molecule has 47 heavy (non-hydrogen) atoms. The van der Waals surface area contributed by atoms with Crippen LogP contribution in [0.25, 0.3) is 0 Å². The Kier molecular flexibility index (Phi) is 8.32. The van der Waals surface area contributed by atoms with Crippen molar-refractivity contribution in [2.75, 3.05) is 11.9 Å². The summed E-state index contributed by atoms with van der Waals surface area (Å²) in [6.45, 7) is 3.40. The van der Waals surface area contributed by atoms with Gasteiger partial charge in [-0.2, -0.15) is 0 Å². The largest absolute Gasteiger partial charge is 0.483 e. The van der Waals surface area contributed by atoms with Gasteiger partial charge >= 0.3 is 10.8 Å². The van der Waals surface area contributed by atoms with Crippen molar-refractivity contribution >= 4 is 68.4 Å². The zero-order chi connectivity index (χ0) is 33.3. The number of carbonyl (C=O) groups excluding carboxylic acids is 3. The Morgan fingerprint density at radius 1 is 1.11 bits per heavy atom. The number of nitrogens with zero attached hydrogens (tertiary/aromatic N) is 1. The minimum atomic E-state index is -1.21. The molecule has 10 nitrogen and oxygen atoms in total. The number of nitrogens with one attached hydrogen (secondary N) is 2. The van der Waals surface area contributed by atoms with Gasteiger partial charge in [0, 0.05) is 31.8 Å². The lowest BCUT2D eigenvalue weighted by atomic mass is 9.68. The van der Waals surface area contributed by atoms with Crippen LogP contribution < -0.4 is 14.9 Å². The Bertz CT molecular complexity index is 1850. The van der Waals surface area contributed by atoms with Crippen LogP contribution in [0.1, 0.15) is 43.0 Å². The van der Waals surface area contributed by atoms with Gasteiger partial charge in [-0.3, -0.25) is 24.1 Å². The standard InChI is InChI=1S/C33H31BrFN3O7S2/c1-13(2)9-20(32(42)43)38-30(40)25-18-11-19(26(25)31(38)41)27-24(18)23(28-29(46-27)37-33(44)47-28)17-10-14(34)3-8-21(17)45-12-22(39)36-16-6-4-15(35)5-7-16/h3-8,10,13,18-20,23-27H,9,11-12H2,1-2H3,(H,36,39)(H,37,44)(H,42,43)/t18?,19?,20?,23-,24?,25?,26?,27?/m1/s1. The van der Waals surface area contributed by atoms with E-state index >= 15 is 0 Å². The molecule has 2 saturated carbocycles. The number of amides is 3. The lowest BCUT2D eigenvalue weighted by molar-refractivity contribution is -0.156. The van der Waals surface area contributed by atoms with Crippen LogP contribution in [0.4, 0.5) is 10.1 Å². The summed E-state index contributed by atoms with van der Waals surface area (Å²) >= 11 is 6.21. The SMILES string of the molecule is CC(C)CC(C(=O)O)N1C(=O)C2C3CC(C2C1=O)C1C3Sc2[nH]c(=O)sc2[C@@H]1c1cc(Br)ccc1OCC(=O)Nc1ccc(F)cc1. The quantitative estimate of drug-likeness (QED) is 0.250. The average molecular weight is 745 g/mol. The molecule has 0 spiro atoms. The number of aromatic amines is 1. The van der Waals surface area contributed by atoms with E-state index in [1.165, 1.54) is 36.0 Å². The number of carboxylic acid groups (broad SMARTS) is 1. The lowest BCUT2D eigenvalue weighted by Gasteiger charge is -2.43. The van der Waals surface area contributed by atoms with E-state index in [-0.39, 0.29) is 52.7 Å². The second-order valence-corrected chi connectivity index (χ2v) is 16.1. The molecule has 7 rings (SSSR count). The number of thiazole rings is 1. The zero-order valence-corrected chi connectivity index (χ0v) is 28.5. The number of imide groups is 1. The highest BCUT2D eigenvalue weighted by Gasteiger charge is 2.70. The number of thioether (sulfide) groups is 1. The third-order valence-corrected chi connectivity index (χ3v) is 12.9. The number of ether oxygens (including phenoxy) is 1. The van der Waals surface area contributed by atoms with Gasteiger partial charge in [0.1, 0.15) is 17.6 Å². The van der Waals surface area contributed by atoms with Crippen molar-refractivity contribution in [2.24, 2.45) is 35.5 Å². The van der Waals surface area contributed by atoms with Gasteiger partial charge < -0.3 is 20.1 Å². The van der Waals surface area contributed by atoms with Gasteiger partial charge in [0.05, 0.1) is 16.9 Å². The maximum atomic E-state index is 14.0. The first-order valence-corrected chi connectivity index (χ1v) is 17.9. The van der Waals surface area contributed by atoms with Gasteiger partial charge in [0.2, 0.25) is 11.8 Å². The van der Waals surface area contributed by atoms with E-state index in [2.05, 4.69) is 26.2 Å². The molecule has 3 heterocycles. The third kappa shape index (κ3) is 5.51. The van der Waals surface area contributed by atoms with Crippen molar-refractivity contribution < 1.29 is 33.4 Å². The summed E-state index contributed by atoms with van der Waals surface area (Å²) in [5, 5.41) is 13.3. The number of hydrogen-bond donors (Lipinski definition) is 3. The van der Waals surface area contributed by atoms with E-state index in [1.807, 2.05) is 19.9 Å². The lowest BCUT2D eigenvalue weighted by Crippen LogP contribution is -2.47. The maximum Gasteiger partial charge on any atom is 0.326 e. The number of aromatic nitrogens is 1. The number of carboxylic acids is 1. The number of hydrogen-bond acceptors (Lipinski definition) is 8. The fourth-order valence-corrected chi connectivity index (χ4v) is 11.5. The van der Waals surface area contributed by atoms with Gasteiger partial charge in [0.15, 0.2) is 6.61 Å². The van der Waals surface area contributed by atoms with Gasteiger partial charge in [-0.25, -0.2) is 9.18 Å². The minimum absolute atomic E-state index is 0.0306. The Balaban J connectivity index is 1.23. The Hall–Kier alpha value is -3.49. The second kappa shape index (κ2) is 12.2. The van der Waals surface area contributed by atoms with Crippen molar-refractivity contribution in [1.82, 2.24) is 9.88 Å². The van der Waals surface area contributed by atoms with Crippen molar-refractivity contribution in [1.29, 1.82) is 0 Å². The first-order valence-electron chi connectivity index (χ1n) is 15.4. The van der Waals surface area contributed by atoms with Crippen LogP contribution in [0.3, 0.4) is 0 Å². The zero-order valence-electron chi connectivity index (χ0n) is 25.3. The van der Waals surface area contributed by atoms with Gasteiger partial charge in [-0.1, -0.05) is 41.1 Å². The number of H-pyrrole nitrogens is 1. The number of benzene rings is 2. The molecular formula is C33H31BrFN3O7S2. The smallest absolute Gasteiger partial charge is 0.326 e. The third-order valence-electron chi connectivity index (χ3n) is 9.84.